The van der Waals surface area contributed by atoms with Gasteiger partial charge in [0.1, 0.15) is 6.61 Å². The molecule has 0 aliphatic rings. The van der Waals surface area contributed by atoms with Gasteiger partial charge in [-0.1, -0.05) is 12.1 Å². The third kappa shape index (κ3) is 4.35. The highest BCUT2D eigenvalue weighted by Gasteiger charge is 2.11. The molecule has 1 unspecified atom stereocenters. The first-order valence-electron chi connectivity index (χ1n) is 6.11. The molecule has 1 aromatic rings. The van der Waals surface area contributed by atoms with Crippen molar-refractivity contribution < 1.29 is 13.5 Å². The van der Waals surface area contributed by atoms with Crippen LogP contribution in [0.5, 0.6) is 0 Å². The molecule has 2 nitrogen and oxygen atoms in total. The van der Waals surface area contributed by atoms with E-state index in [0.717, 1.165) is 11.1 Å². The Kier molecular flexibility index (Phi) is 5.69. The number of hydrogen-bond acceptors (Lipinski definition) is 2. The van der Waals surface area contributed by atoms with Gasteiger partial charge in [-0.2, -0.15) is 0 Å². The van der Waals surface area contributed by atoms with Gasteiger partial charge in [0.05, 0.1) is 0 Å². The first-order chi connectivity index (χ1) is 8.41. The summed E-state index contributed by atoms with van der Waals surface area (Å²) in [6.07, 6.45) is -1.86. The van der Waals surface area contributed by atoms with Crippen molar-refractivity contribution in [3.8, 4) is 0 Å². The van der Waals surface area contributed by atoms with Crippen LogP contribution in [0.3, 0.4) is 0 Å². The lowest BCUT2D eigenvalue weighted by atomic mass is 9.95. The number of nitrogens with two attached hydrogens (primary N) is 1. The van der Waals surface area contributed by atoms with E-state index < -0.39 is 13.0 Å². The summed E-state index contributed by atoms with van der Waals surface area (Å²) >= 11 is 0. The molecule has 0 aliphatic heterocycles. The number of hydrogen-bond donors (Lipinski definition) is 1. The van der Waals surface area contributed by atoms with Crippen LogP contribution in [-0.2, 0) is 4.74 Å². The number of rotatable bonds is 6. The molecule has 0 bridgehead atoms. The monoisotopic (exact) mass is 257 g/mol. The predicted molar refractivity (Wildman–Crippen MR) is 69.0 cm³/mol. The average Bonchev–Trinajstić information content (AvgIpc) is 2.28. The fourth-order valence-corrected chi connectivity index (χ4v) is 1.92. The quantitative estimate of drug-likeness (QED) is 0.794. The first kappa shape index (κ1) is 15.1. The zero-order chi connectivity index (χ0) is 13.7. The summed E-state index contributed by atoms with van der Waals surface area (Å²) in [6.45, 7) is 5.86. The summed E-state index contributed by atoms with van der Waals surface area (Å²) in [5, 5.41) is 0. The van der Waals surface area contributed by atoms with E-state index in [9.17, 15) is 8.78 Å². The Balaban J connectivity index is 2.56. The molecule has 1 atom stereocenters. The van der Waals surface area contributed by atoms with E-state index in [4.69, 9.17) is 10.5 Å². The fraction of sp³-hybridized carbons (Fsp3) is 0.571. The van der Waals surface area contributed by atoms with Crippen LogP contribution in [-0.4, -0.2) is 19.6 Å². The summed E-state index contributed by atoms with van der Waals surface area (Å²) in [5.74, 6) is 0. The highest BCUT2D eigenvalue weighted by atomic mass is 19.3. The summed E-state index contributed by atoms with van der Waals surface area (Å²) in [4.78, 5) is 0. The molecule has 0 spiro atoms. The number of ether oxygens (including phenoxy) is 1. The molecule has 1 aromatic carbocycles. The van der Waals surface area contributed by atoms with Crippen molar-refractivity contribution in [2.24, 2.45) is 5.73 Å². The molecule has 0 heterocycles. The van der Waals surface area contributed by atoms with Gasteiger partial charge in [-0.15, -0.1) is 0 Å². The molecule has 0 saturated heterocycles. The van der Waals surface area contributed by atoms with Crippen LogP contribution in [0.15, 0.2) is 12.1 Å². The number of halogens is 2. The van der Waals surface area contributed by atoms with Gasteiger partial charge in [0.15, 0.2) is 0 Å². The van der Waals surface area contributed by atoms with Crippen LogP contribution < -0.4 is 5.73 Å². The smallest absolute Gasteiger partial charge is 0.261 e. The van der Waals surface area contributed by atoms with Crippen LogP contribution in [0.25, 0.3) is 0 Å². The van der Waals surface area contributed by atoms with Gasteiger partial charge < -0.3 is 10.5 Å². The van der Waals surface area contributed by atoms with E-state index in [1.54, 1.807) is 0 Å². The zero-order valence-corrected chi connectivity index (χ0v) is 11.2. The molecule has 18 heavy (non-hydrogen) atoms. The van der Waals surface area contributed by atoms with E-state index in [1.165, 1.54) is 11.1 Å². The standard InChI is InChI=1S/C14H21F2NO/c1-9-6-11(3)12(7-10(9)2)13(17)4-5-18-8-14(15)16/h6-7,13-14H,4-5,8,17H2,1-3H3. The van der Waals surface area contributed by atoms with Gasteiger partial charge in [-0.3, -0.25) is 0 Å². The van der Waals surface area contributed by atoms with Gasteiger partial charge in [-0.05, 0) is 49.4 Å². The summed E-state index contributed by atoms with van der Waals surface area (Å²) < 4.78 is 28.6. The molecule has 102 valence electrons. The lowest BCUT2D eigenvalue weighted by molar-refractivity contribution is 0.0152. The van der Waals surface area contributed by atoms with Crippen LogP contribution in [0, 0.1) is 20.8 Å². The molecular weight excluding hydrogens is 236 g/mol. The Morgan fingerprint density at radius 2 is 1.72 bits per heavy atom. The molecule has 4 heteroatoms. The van der Waals surface area contributed by atoms with Gasteiger partial charge in [0.2, 0.25) is 0 Å². The van der Waals surface area contributed by atoms with Gasteiger partial charge >= 0.3 is 0 Å². The SMILES string of the molecule is Cc1cc(C)c(C(N)CCOCC(F)F)cc1C. The second kappa shape index (κ2) is 6.81. The lowest BCUT2D eigenvalue weighted by Gasteiger charge is -2.17. The van der Waals surface area contributed by atoms with Crippen molar-refractivity contribution in [2.45, 2.75) is 39.7 Å². The molecule has 0 saturated carbocycles. The van der Waals surface area contributed by atoms with Crippen molar-refractivity contribution >= 4 is 0 Å². The third-order valence-electron chi connectivity index (χ3n) is 3.10. The van der Waals surface area contributed by atoms with Crippen molar-refractivity contribution in [3.63, 3.8) is 0 Å². The van der Waals surface area contributed by atoms with Crippen molar-refractivity contribution in [3.05, 3.63) is 34.4 Å². The fourth-order valence-electron chi connectivity index (χ4n) is 1.92. The molecule has 0 amide bonds. The van der Waals surface area contributed by atoms with Crippen LogP contribution in [0.4, 0.5) is 8.78 Å². The largest absolute Gasteiger partial charge is 0.375 e. The Morgan fingerprint density at radius 3 is 2.33 bits per heavy atom. The molecular formula is C14H21F2NO. The lowest BCUT2D eigenvalue weighted by Crippen LogP contribution is -2.16. The predicted octanol–water partition coefficient (Wildman–Crippen LogP) is 3.28. The van der Waals surface area contributed by atoms with E-state index in [1.807, 2.05) is 13.8 Å². The highest BCUT2D eigenvalue weighted by molar-refractivity contribution is 5.38. The average molecular weight is 257 g/mol. The second-order valence-corrected chi connectivity index (χ2v) is 4.65. The Labute approximate surface area is 107 Å². The van der Waals surface area contributed by atoms with Gasteiger partial charge in [0.25, 0.3) is 6.43 Å². The molecule has 2 N–H and O–H groups in total. The van der Waals surface area contributed by atoms with Gasteiger partial charge in [-0.25, -0.2) is 8.78 Å². The molecule has 0 fully saturated rings. The van der Waals surface area contributed by atoms with Crippen LogP contribution in [0.2, 0.25) is 0 Å². The summed E-state index contributed by atoms with van der Waals surface area (Å²) in [5.41, 5.74) is 10.7. The number of benzene rings is 1. The minimum Gasteiger partial charge on any atom is -0.375 e. The number of aryl methyl sites for hydroxylation is 3. The van der Waals surface area contributed by atoms with Crippen molar-refractivity contribution in [1.29, 1.82) is 0 Å². The van der Waals surface area contributed by atoms with E-state index in [0.29, 0.717) is 6.42 Å². The maximum atomic E-state index is 11.9. The van der Waals surface area contributed by atoms with Crippen LogP contribution >= 0.6 is 0 Å². The van der Waals surface area contributed by atoms with E-state index in [2.05, 4.69) is 19.1 Å². The maximum Gasteiger partial charge on any atom is 0.261 e. The number of alkyl halides is 2. The Morgan fingerprint density at radius 1 is 1.11 bits per heavy atom. The van der Waals surface area contributed by atoms with Gasteiger partial charge in [0, 0.05) is 12.6 Å². The van der Waals surface area contributed by atoms with E-state index >= 15 is 0 Å². The Bertz CT molecular complexity index is 394. The Hall–Kier alpha value is -1.00. The van der Waals surface area contributed by atoms with Crippen molar-refractivity contribution in [1.82, 2.24) is 0 Å². The highest BCUT2D eigenvalue weighted by Crippen LogP contribution is 2.22. The minimum absolute atomic E-state index is 0.165. The summed E-state index contributed by atoms with van der Waals surface area (Å²) in [7, 11) is 0. The maximum absolute atomic E-state index is 11.9. The zero-order valence-electron chi connectivity index (χ0n) is 11.2. The molecule has 0 radical (unpaired) electrons. The molecule has 0 aromatic heterocycles. The summed E-state index contributed by atoms with van der Waals surface area (Å²) in [6, 6.07) is 4.01. The normalized spacial score (nSPS) is 13.1. The second-order valence-electron chi connectivity index (χ2n) is 4.65. The first-order valence-corrected chi connectivity index (χ1v) is 6.11. The third-order valence-corrected chi connectivity index (χ3v) is 3.10. The molecule has 1 rings (SSSR count). The molecule has 0 aliphatic carbocycles. The van der Waals surface area contributed by atoms with Crippen LogP contribution in [0.1, 0.15) is 34.7 Å². The van der Waals surface area contributed by atoms with E-state index in [-0.39, 0.29) is 12.6 Å². The topological polar surface area (TPSA) is 35.2 Å². The minimum atomic E-state index is -2.41. The van der Waals surface area contributed by atoms with Crippen molar-refractivity contribution in [2.75, 3.05) is 13.2 Å².